The molecule has 12 heteroatoms. The van der Waals surface area contributed by atoms with Crippen LogP contribution in [0, 0.1) is 0 Å². The van der Waals surface area contributed by atoms with Crippen LogP contribution < -0.4 is 5.73 Å². The maximum absolute atomic E-state index is 12.2. The zero-order valence-electron chi connectivity index (χ0n) is 12.2. The minimum absolute atomic E-state index is 0.00992. The van der Waals surface area contributed by atoms with Gasteiger partial charge in [0.1, 0.15) is 5.84 Å². The average molecular weight is 358 g/mol. The maximum atomic E-state index is 12.2. The summed E-state index contributed by atoms with van der Waals surface area (Å²) in [5.41, 5.74) is 5.84. The van der Waals surface area contributed by atoms with Crippen LogP contribution in [0.15, 0.2) is 27.8 Å². The summed E-state index contributed by atoms with van der Waals surface area (Å²) in [6.07, 6.45) is 2.05. The average Bonchev–Trinajstić information content (AvgIpc) is 3.11. The second-order valence-corrected chi connectivity index (χ2v) is 6.33. The summed E-state index contributed by atoms with van der Waals surface area (Å²) in [5.74, 6) is -0.759. The second-order valence-electron chi connectivity index (χ2n) is 5.33. The van der Waals surface area contributed by atoms with Crippen molar-refractivity contribution < 1.29 is 31.3 Å². The number of carbonyl (C=O) groups is 2. The Balaban J connectivity index is 1.77. The minimum atomic E-state index is -4.82. The molecule has 3 amide bonds. The molecule has 0 radical (unpaired) electrons. The fraction of sp³-hybridized carbons (Fsp3) is 0.417. The van der Waals surface area contributed by atoms with E-state index in [1.165, 1.54) is 23.3 Å². The third-order valence-corrected chi connectivity index (χ3v) is 4.15. The topological polar surface area (TPSA) is 156 Å². The van der Waals surface area contributed by atoms with Gasteiger partial charge in [-0.15, -0.1) is 4.28 Å². The van der Waals surface area contributed by atoms with Gasteiger partial charge in [0.25, 0.3) is 0 Å². The van der Waals surface area contributed by atoms with E-state index in [4.69, 9.17) is 14.7 Å². The highest BCUT2D eigenvalue weighted by molar-refractivity contribution is 7.80. The van der Waals surface area contributed by atoms with Crippen molar-refractivity contribution >= 4 is 28.2 Å². The first-order valence-corrected chi connectivity index (χ1v) is 8.31. The molecule has 24 heavy (non-hydrogen) atoms. The molecule has 3 rings (SSSR count). The number of amides is 3. The third kappa shape index (κ3) is 3.11. The van der Waals surface area contributed by atoms with Gasteiger partial charge < -0.3 is 15.1 Å². The molecule has 0 aliphatic carbocycles. The summed E-state index contributed by atoms with van der Waals surface area (Å²) < 4.78 is 39.6. The smallest absolute Gasteiger partial charge is 0.418 e. The van der Waals surface area contributed by atoms with Crippen molar-refractivity contribution in [2.45, 2.75) is 24.9 Å². The van der Waals surface area contributed by atoms with E-state index in [0.717, 1.165) is 0 Å². The van der Waals surface area contributed by atoms with Crippen LogP contribution in [-0.4, -0.2) is 59.3 Å². The lowest BCUT2D eigenvalue weighted by Crippen LogP contribution is -2.48. The number of hydroxylamine groups is 2. The zero-order chi connectivity index (χ0) is 17.5. The molecular weight excluding hydrogens is 344 g/mol. The van der Waals surface area contributed by atoms with Gasteiger partial charge >= 0.3 is 22.3 Å². The fourth-order valence-electron chi connectivity index (χ4n) is 2.79. The first kappa shape index (κ1) is 16.4. The molecule has 0 saturated carbocycles. The largest absolute Gasteiger partial charge is 0.459 e. The van der Waals surface area contributed by atoms with Crippen LogP contribution in [0.25, 0.3) is 0 Å². The molecular formula is C12H14N4O7S. The quantitative estimate of drug-likeness (QED) is 0.425. The Kier molecular flexibility index (Phi) is 4.03. The molecule has 0 aromatic carbocycles. The molecule has 2 saturated heterocycles. The Morgan fingerprint density at radius 1 is 1.46 bits per heavy atom. The molecule has 2 aliphatic rings. The lowest BCUT2D eigenvalue weighted by atomic mass is 10.0. The first-order valence-electron chi connectivity index (χ1n) is 6.95. The molecule has 11 nitrogen and oxygen atoms in total. The summed E-state index contributed by atoms with van der Waals surface area (Å²) >= 11 is 0. The standard InChI is InChI=1S/C12H14N4O7S/c13-10(14-11(17)9-2-1-5-22-9)8-4-3-7-6-15(8)12(18)16(7)23-24(19,20)21/h1-2,5,7-8H,3-4,6H2,(H2,13,14,17)(H,19,20,21)/t7-,8+/m1/s1. The Bertz CT molecular complexity index is 788. The number of amidine groups is 1. The van der Waals surface area contributed by atoms with Crippen LogP contribution in [0.5, 0.6) is 0 Å². The van der Waals surface area contributed by atoms with Gasteiger partial charge in [-0.3, -0.25) is 9.35 Å². The minimum Gasteiger partial charge on any atom is -0.459 e. The molecule has 3 heterocycles. The van der Waals surface area contributed by atoms with E-state index in [2.05, 4.69) is 9.28 Å². The van der Waals surface area contributed by atoms with Crippen molar-refractivity contribution in [3.8, 4) is 0 Å². The number of hydrogen-bond acceptors (Lipinski definition) is 6. The molecule has 0 spiro atoms. The molecule has 2 aliphatic heterocycles. The maximum Gasteiger partial charge on any atom is 0.418 e. The Hall–Kier alpha value is -2.44. The van der Waals surface area contributed by atoms with Gasteiger partial charge in [-0.05, 0) is 25.0 Å². The summed E-state index contributed by atoms with van der Waals surface area (Å²) in [4.78, 5) is 29.1. The second kappa shape index (κ2) is 5.89. The number of aliphatic imine (C=N–C) groups is 1. The number of piperidine rings is 1. The van der Waals surface area contributed by atoms with E-state index in [-0.39, 0.29) is 18.1 Å². The van der Waals surface area contributed by atoms with Crippen LogP contribution >= 0.6 is 0 Å². The van der Waals surface area contributed by atoms with Crippen LogP contribution in [0.2, 0.25) is 0 Å². The highest BCUT2D eigenvalue weighted by Gasteiger charge is 2.48. The van der Waals surface area contributed by atoms with Crippen molar-refractivity contribution in [2.24, 2.45) is 10.7 Å². The van der Waals surface area contributed by atoms with Gasteiger partial charge in [-0.1, -0.05) is 0 Å². The number of hydrogen-bond donors (Lipinski definition) is 2. The molecule has 2 atom stereocenters. The lowest BCUT2D eigenvalue weighted by Gasteiger charge is -2.29. The first-order chi connectivity index (χ1) is 11.3. The van der Waals surface area contributed by atoms with Crippen LogP contribution in [-0.2, 0) is 14.7 Å². The molecule has 1 aromatic rings. The predicted octanol–water partition coefficient (Wildman–Crippen LogP) is -0.220. The van der Waals surface area contributed by atoms with Crippen LogP contribution in [0.4, 0.5) is 4.79 Å². The third-order valence-electron chi connectivity index (χ3n) is 3.80. The molecule has 2 bridgehead atoms. The molecule has 0 unspecified atom stereocenters. The van der Waals surface area contributed by atoms with Crippen molar-refractivity contribution in [1.82, 2.24) is 9.96 Å². The summed E-state index contributed by atoms with van der Waals surface area (Å²) in [7, 11) is -4.82. The number of nitrogens with two attached hydrogens (primary N) is 1. The van der Waals surface area contributed by atoms with E-state index in [1.807, 2.05) is 0 Å². The summed E-state index contributed by atoms with van der Waals surface area (Å²) in [6, 6.07) is 0.966. The number of nitrogens with zero attached hydrogens (tertiary/aromatic N) is 3. The van der Waals surface area contributed by atoms with E-state index in [9.17, 15) is 18.0 Å². The van der Waals surface area contributed by atoms with E-state index < -0.39 is 34.4 Å². The highest BCUT2D eigenvalue weighted by atomic mass is 32.3. The number of rotatable bonds is 4. The fourth-order valence-corrected chi connectivity index (χ4v) is 3.17. The monoisotopic (exact) mass is 358 g/mol. The normalized spacial score (nSPS) is 24.5. The van der Waals surface area contributed by atoms with Gasteiger partial charge in [0.15, 0.2) is 5.76 Å². The van der Waals surface area contributed by atoms with Crippen molar-refractivity contribution in [3.05, 3.63) is 24.2 Å². The Morgan fingerprint density at radius 2 is 2.21 bits per heavy atom. The zero-order valence-corrected chi connectivity index (χ0v) is 13.0. The van der Waals surface area contributed by atoms with Crippen molar-refractivity contribution in [3.63, 3.8) is 0 Å². The molecule has 1 aromatic heterocycles. The van der Waals surface area contributed by atoms with Crippen LogP contribution in [0.1, 0.15) is 23.4 Å². The van der Waals surface area contributed by atoms with E-state index in [1.54, 1.807) is 0 Å². The number of urea groups is 1. The Morgan fingerprint density at radius 3 is 2.83 bits per heavy atom. The highest BCUT2D eigenvalue weighted by Crippen LogP contribution is 2.30. The van der Waals surface area contributed by atoms with Gasteiger partial charge in [0, 0.05) is 6.54 Å². The van der Waals surface area contributed by atoms with E-state index >= 15 is 0 Å². The summed E-state index contributed by atoms with van der Waals surface area (Å²) in [6.45, 7) is 0.143. The van der Waals surface area contributed by atoms with Crippen molar-refractivity contribution in [1.29, 1.82) is 0 Å². The number of fused-ring (bicyclic) bond motifs is 2. The Labute approximate surface area is 136 Å². The lowest BCUT2D eigenvalue weighted by molar-refractivity contribution is -0.0316. The van der Waals surface area contributed by atoms with Gasteiger partial charge in [0.2, 0.25) is 0 Å². The number of carbonyl (C=O) groups excluding carboxylic acids is 2. The van der Waals surface area contributed by atoms with Crippen molar-refractivity contribution in [2.75, 3.05) is 6.54 Å². The van der Waals surface area contributed by atoms with Gasteiger partial charge in [-0.25, -0.2) is 4.79 Å². The van der Waals surface area contributed by atoms with Gasteiger partial charge in [-0.2, -0.15) is 18.5 Å². The van der Waals surface area contributed by atoms with Gasteiger partial charge in [0.05, 0.1) is 18.3 Å². The predicted molar refractivity (Wildman–Crippen MR) is 78.0 cm³/mol. The van der Waals surface area contributed by atoms with E-state index in [0.29, 0.717) is 17.9 Å². The molecule has 3 N–H and O–H groups in total. The van der Waals surface area contributed by atoms with Crippen LogP contribution in [0.3, 0.4) is 0 Å². The summed E-state index contributed by atoms with van der Waals surface area (Å²) in [5, 5.41) is 0.594. The SMILES string of the molecule is NC(=NC(=O)c1ccco1)[C@@H]1CC[C@@H]2CN1C(=O)N2OS(=O)(=O)O. The molecule has 2 fully saturated rings. The number of furan rings is 1. The molecule has 130 valence electrons.